The molecule has 0 radical (unpaired) electrons. The first-order chi connectivity index (χ1) is 14.6. The van der Waals surface area contributed by atoms with Gasteiger partial charge in [-0.25, -0.2) is 0 Å². The highest BCUT2D eigenvalue weighted by Gasteiger charge is 2.59. The Morgan fingerprint density at radius 1 is 1.19 bits per heavy atom. The van der Waals surface area contributed by atoms with E-state index in [2.05, 4.69) is 59.8 Å². The van der Waals surface area contributed by atoms with Crippen molar-refractivity contribution in [2.75, 3.05) is 0 Å². The molecule has 0 amide bonds. The van der Waals surface area contributed by atoms with Crippen molar-refractivity contribution in [1.82, 2.24) is 0 Å². The van der Waals surface area contributed by atoms with Crippen molar-refractivity contribution in [2.45, 2.75) is 85.9 Å². The van der Waals surface area contributed by atoms with Crippen molar-refractivity contribution in [3.05, 3.63) is 35.5 Å². The topological polar surface area (TPSA) is 46.5 Å². The van der Waals surface area contributed by atoms with Crippen LogP contribution in [0.15, 0.2) is 35.5 Å². The van der Waals surface area contributed by atoms with Gasteiger partial charge in [0.2, 0.25) is 0 Å². The minimum absolute atomic E-state index is 0.121. The van der Waals surface area contributed by atoms with E-state index in [1.54, 1.807) is 0 Å². The molecule has 0 spiro atoms. The number of carbonyl (C=O) groups excluding carboxylic acids is 1. The minimum Gasteiger partial charge on any atom is -0.457 e. The maximum absolute atomic E-state index is 12.1. The number of carbonyl (C=O) groups is 1. The van der Waals surface area contributed by atoms with Crippen LogP contribution in [0.25, 0.3) is 0 Å². The lowest BCUT2D eigenvalue weighted by atomic mass is 9.52. The molecule has 1 heterocycles. The highest BCUT2D eigenvalue weighted by atomic mass is 16.5. The van der Waals surface area contributed by atoms with Crippen LogP contribution >= 0.6 is 0 Å². The molecule has 0 unspecified atom stereocenters. The Hall–Kier alpha value is -1.35. The van der Waals surface area contributed by atoms with E-state index in [4.69, 9.17) is 4.74 Å². The van der Waals surface area contributed by atoms with Gasteiger partial charge in [0.15, 0.2) is 0 Å². The second-order valence-corrected chi connectivity index (χ2v) is 11.6. The van der Waals surface area contributed by atoms with Crippen molar-refractivity contribution in [1.29, 1.82) is 0 Å². The van der Waals surface area contributed by atoms with Crippen LogP contribution in [0, 0.1) is 46.8 Å². The van der Waals surface area contributed by atoms with E-state index in [9.17, 15) is 9.90 Å². The molecular formula is C28H42O3. The van der Waals surface area contributed by atoms with Gasteiger partial charge in [0.25, 0.3) is 0 Å². The zero-order valence-corrected chi connectivity index (χ0v) is 20.3. The van der Waals surface area contributed by atoms with Gasteiger partial charge in [0.1, 0.15) is 6.10 Å². The molecule has 2 fully saturated rings. The van der Waals surface area contributed by atoms with Crippen LogP contribution in [0.1, 0.15) is 73.6 Å². The number of ether oxygens (including phenoxy) is 1. The monoisotopic (exact) mass is 426 g/mol. The molecule has 1 aliphatic heterocycles. The third-order valence-corrected chi connectivity index (χ3v) is 9.57. The molecule has 4 rings (SSSR count). The van der Waals surface area contributed by atoms with Gasteiger partial charge in [0.05, 0.1) is 12.5 Å². The summed E-state index contributed by atoms with van der Waals surface area (Å²) < 4.78 is 5.86. The largest absolute Gasteiger partial charge is 0.457 e. The lowest BCUT2D eigenvalue weighted by Gasteiger charge is -2.54. The van der Waals surface area contributed by atoms with Gasteiger partial charge in [-0.2, -0.15) is 0 Å². The zero-order valence-electron chi connectivity index (χ0n) is 20.3. The van der Waals surface area contributed by atoms with Crippen molar-refractivity contribution >= 4 is 5.97 Å². The summed E-state index contributed by atoms with van der Waals surface area (Å²) >= 11 is 0. The van der Waals surface area contributed by atoms with Gasteiger partial charge in [0, 0.05) is 5.92 Å². The van der Waals surface area contributed by atoms with Crippen LogP contribution in [-0.4, -0.2) is 23.3 Å². The van der Waals surface area contributed by atoms with Crippen molar-refractivity contribution in [3.8, 4) is 0 Å². The number of rotatable bonds is 4. The Morgan fingerprint density at radius 2 is 1.94 bits per heavy atom. The van der Waals surface area contributed by atoms with Crippen molar-refractivity contribution in [3.63, 3.8) is 0 Å². The van der Waals surface area contributed by atoms with Gasteiger partial charge in [-0.3, -0.25) is 4.79 Å². The van der Waals surface area contributed by atoms with E-state index in [1.165, 1.54) is 18.4 Å². The van der Waals surface area contributed by atoms with E-state index in [-0.39, 0.29) is 29.5 Å². The second-order valence-electron chi connectivity index (χ2n) is 11.6. The van der Waals surface area contributed by atoms with Gasteiger partial charge < -0.3 is 9.84 Å². The fourth-order valence-corrected chi connectivity index (χ4v) is 7.56. The molecule has 0 saturated heterocycles. The van der Waals surface area contributed by atoms with Crippen LogP contribution in [0.2, 0.25) is 0 Å². The highest BCUT2D eigenvalue weighted by molar-refractivity contribution is 5.73. The molecule has 0 aromatic rings. The normalized spacial score (nSPS) is 42.1. The molecule has 3 nitrogen and oxygen atoms in total. The molecule has 3 heteroatoms. The number of hydrogen-bond donors (Lipinski definition) is 1. The average molecular weight is 427 g/mol. The SMILES string of the molecule is CC1=C2C=CCC(=O)O[C@@H]2C[C@@H]2[C@@H]1[C@H](O)C[C@]1(C)[C@@H]([C@H](C)C=C[C@H](C)C(C)C)CC[C@@H]21. The molecule has 2 saturated carbocycles. The first kappa shape index (κ1) is 22.8. The molecular weight excluding hydrogens is 384 g/mol. The third kappa shape index (κ3) is 3.96. The lowest BCUT2D eigenvalue weighted by Crippen LogP contribution is -2.52. The predicted molar refractivity (Wildman–Crippen MR) is 125 cm³/mol. The summed E-state index contributed by atoms with van der Waals surface area (Å²) in [7, 11) is 0. The lowest BCUT2D eigenvalue weighted by molar-refractivity contribution is -0.149. The number of allylic oxidation sites excluding steroid dienone is 2. The molecule has 3 aliphatic carbocycles. The van der Waals surface area contributed by atoms with Crippen LogP contribution < -0.4 is 0 Å². The minimum atomic E-state index is -0.307. The molecule has 31 heavy (non-hydrogen) atoms. The summed E-state index contributed by atoms with van der Waals surface area (Å²) in [5.74, 6) is 3.45. The molecule has 0 aromatic heterocycles. The second kappa shape index (κ2) is 8.54. The summed E-state index contributed by atoms with van der Waals surface area (Å²) in [6.07, 6.45) is 13.0. The van der Waals surface area contributed by atoms with Crippen molar-refractivity contribution in [2.24, 2.45) is 46.8 Å². The van der Waals surface area contributed by atoms with E-state index < -0.39 is 0 Å². The van der Waals surface area contributed by atoms with Gasteiger partial charge in [-0.1, -0.05) is 64.5 Å². The molecule has 0 aromatic carbocycles. The fourth-order valence-electron chi connectivity index (χ4n) is 7.56. The number of hydrogen-bond acceptors (Lipinski definition) is 3. The Labute approximate surface area is 189 Å². The first-order valence-corrected chi connectivity index (χ1v) is 12.6. The molecule has 4 aliphatic rings. The standard InChI is InChI=1S/C28H42O3/c1-16(2)17(3)10-11-18(4)22-12-13-23-21-14-25-20(8-7-9-26(30)31-25)19(5)27(21)24(29)15-28(22,23)6/h7-8,10-11,16-18,21-25,27,29H,9,12-15H2,1-6H3/t17-,18+,21-,22+,23-,24+,25+,27+,28+/m0/s1. The summed E-state index contributed by atoms with van der Waals surface area (Å²) in [6, 6.07) is 0. The Bertz CT molecular complexity index is 790. The van der Waals surface area contributed by atoms with Gasteiger partial charge in [-0.15, -0.1) is 0 Å². The quantitative estimate of drug-likeness (QED) is 0.437. The number of fused-ring (bicyclic) bond motifs is 4. The van der Waals surface area contributed by atoms with E-state index >= 15 is 0 Å². The van der Waals surface area contributed by atoms with E-state index in [1.807, 2.05) is 6.08 Å². The molecule has 172 valence electrons. The van der Waals surface area contributed by atoms with E-state index in [0.29, 0.717) is 41.9 Å². The fraction of sp³-hybridized carbons (Fsp3) is 0.750. The molecule has 9 atom stereocenters. The number of esters is 1. The van der Waals surface area contributed by atoms with Crippen molar-refractivity contribution < 1.29 is 14.6 Å². The maximum Gasteiger partial charge on any atom is 0.310 e. The zero-order chi connectivity index (χ0) is 22.5. The molecule has 1 N–H and O–H groups in total. The predicted octanol–water partition coefficient (Wildman–Crippen LogP) is 6.09. The summed E-state index contributed by atoms with van der Waals surface area (Å²) in [4.78, 5) is 12.1. The first-order valence-electron chi connectivity index (χ1n) is 12.6. The van der Waals surface area contributed by atoms with E-state index in [0.717, 1.165) is 18.4 Å². The Morgan fingerprint density at radius 3 is 2.65 bits per heavy atom. The van der Waals surface area contributed by atoms with Crippen LogP contribution in [0.5, 0.6) is 0 Å². The van der Waals surface area contributed by atoms with Gasteiger partial charge in [-0.05, 0) is 79.1 Å². The average Bonchev–Trinajstić information content (AvgIpc) is 2.92. The smallest absolute Gasteiger partial charge is 0.310 e. The number of aliphatic hydroxyl groups is 1. The Balaban J connectivity index is 1.60. The summed E-state index contributed by atoms with van der Waals surface area (Å²) in [5, 5.41) is 11.4. The highest BCUT2D eigenvalue weighted by Crippen LogP contribution is 2.64. The van der Waals surface area contributed by atoms with Crippen LogP contribution in [0.3, 0.4) is 0 Å². The Kier molecular flexibility index (Phi) is 6.29. The summed E-state index contributed by atoms with van der Waals surface area (Å²) in [5.41, 5.74) is 2.54. The third-order valence-electron chi connectivity index (χ3n) is 9.57. The molecule has 0 bridgehead atoms. The summed E-state index contributed by atoms with van der Waals surface area (Å²) in [6.45, 7) is 13.9. The van der Waals surface area contributed by atoms with Crippen LogP contribution in [0.4, 0.5) is 0 Å². The van der Waals surface area contributed by atoms with Crippen LogP contribution in [-0.2, 0) is 9.53 Å². The maximum atomic E-state index is 12.1. The van der Waals surface area contributed by atoms with Gasteiger partial charge >= 0.3 is 5.97 Å². The number of aliphatic hydroxyl groups excluding tert-OH is 1.